The summed E-state index contributed by atoms with van der Waals surface area (Å²) >= 11 is 5.01. The molecule has 0 spiro atoms. The summed E-state index contributed by atoms with van der Waals surface area (Å²) < 4.78 is 6.42. The van der Waals surface area contributed by atoms with Gasteiger partial charge in [0.1, 0.15) is 6.26 Å². The van der Waals surface area contributed by atoms with E-state index in [1.165, 1.54) is 17.3 Å². The SMILES string of the molecule is Cc1coc(Sc2cc(Br)ccc2CC(C)N)n1. The molecular formula is C13H15BrN2OS. The Kier molecular flexibility index (Phi) is 4.48. The highest BCUT2D eigenvalue weighted by molar-refractivity contribution is 9.10. The smallest absolute Gasteiger partial charge is 0.260 e. The van der Waals surface area contributed by atoms with Crippen LogP contribution >= 0.6 is 27.7 Å². The van der Waals surface area contributed by atoms with Crippen LogP contribution in [0.5, 0.6) is 0 Å². The number of nitrogens with two attached hydrogens (primary N) is 1. The van der Waals surface area contributed by atoms with Crippen molar-refractivity contribution in [3.8, 4) is 0 Å². The van der Waals surface area contributed by atoms with Gasteiger partial charge in [-0.3, -0.25) is 0 Å². The fourth-order valence-corrected chi connectivity index (χ4v) is 3.07. The number of aromatic nitrogens is 1. The average Bonchev–Trinajstić information content (AvgIpc) is 2.67. The van der Waals surface area contributed by atoms with E-state index in [4.69, 9.17) is 10.2 Å². The van der Waals surface area contributed by atoms with Crippen LogP contribution in [0.2, 0.25) is 0 Å². The molecule has 3 nitrogen and oxygen atoms in total. The van der Waals surface area contributed by atoms with Crippen LogP contribution in [0, 0.1) is 6.92 Å². The van der Waals surface area contributed by atoms with Crippen molar-refractivity contribution >= 4 is 27.7 Å². The van der Waals surface area contributed by atoms with Crippen LogP contribution in [0.3, 0.4) is 0 Å². The summed E-state index contributed by atoms with van der Waals surface area (Å²) in [4.78, 5) is 5.43. The van der Waals surface area contributed by atoms with Crippen LogP contribution in [0.1, 0.15) is 18.2 Å². The number of hydrogen-bond acceptors (Lipinski definition) is 4. The quantitative estimate of drug-likeness (QED) is 0.928. The first-order chi connectivity index (χ1) is 8.54. The zero-order valence-electron chi connectivity index (χ0n) is 10.3. The molecule has 0 saturated carbocycles. The summed E-state index contributed by atoms with van der Waals surface area (Å²) in [6, 6.07) is 6.33. The van der Waals surface area contributed by atoms with Crippen molar-refractivity contribution in [2.75, 3.05) is 0 Å². The lowest BCUT2D eigenvalue weighted by atomic mass is 10.1. The third-order valence-corrected chi connectivity index (χ3v) is 3.82. The van der Waals surface area contributed by atoms with E-state index < -0.39 is 0 Å². The number of nitrogens with zero attached hydrogens (tertiary/aromatic N) is 1. The minimum absolute atomic E-state index is 0.136. The molecule has 5 heteroatoms. The van der Waals surface area contributed by atoms with Gasteiger partial charge in [-0.2, -0.15) is 0 Å². The van der Waals surface area contributed by atoms with Gasteiger partial charge in [0, 0.05) is 15.4 Å². The third kappa shape index (κ3) is 3.60. The predicted octanol–water partition coefficient (Wildman–Crippen LogP) is 3.79. The van der Waals surface area contributed by atoms with E-state index in [2.05, 4.69) is 33.0 Å². The van der Waals surface area contributed by atoms with Gasteiger partial charge in [-0.1, -0.05) is 22.0 Å². The molecular weight excluding hydrogens is 312 g/mol. The van der Waals surface area contributed by atoms with Crippen LogP contribution in [-0.2, 0) is 6.42 Å². The number of hydrogen-bond donors (Lipinski definition) is 1. The molecule has 18 heavy (non-hydrogen) atoms. The maximum atomic E-state index is 5.87. The summed E-state index contributed by atoms with van der Waals surface area (Å²) in [6.45, 7) is 3.92. The number of oxazole rings is 1. The second-order valence-corrected chi connectivity index (χ2v) is 6.20. The van der Waals surface area contributed by atoms with Gasteiger partial charge in [-0.15, -0.1) is 0 Å². The summed E-state index contributed by atoms with van der Waals surface area (Å²) in [6.07, 6.45) is 2.50. The molecule has 1 unspecified atom stereocenters. The Morgan fingerprint density at radius 3 is 2.89 bits per heavy atom. The molecule has 2 rings (SSSR count). The van der Waals surface area contributed by atoms with E-state index >= 15 is 0 Å². The van der Waals surface area contributed by atoms with Gasteiger partial charge in [0.15, 0.2) is 0 Å². The number of benzene rings is 1. The zero-order chi connectivity index (χ0) is 13.1. The monoisotopic (exact) mass is 326 g/mol. The Labute approximate surface area is 119 Å². The number of aryl methyl sites for hydroxylation is 1. The first-order valence-corrected chi connectivity index (χ1v) is 7.29. The fraction of sp³-hybridized carbons (Fsp3) is 0.308. The Morgan fingerprint density at radius 2 is 2.28 bits per heavy atom. The van der Waals surface area contributed by atoms with Crippen LogP contribution in [-0.4, -0.2) is 11.0 Å². The van der Waals surface area contributed by atoms with Gasteiger partial charge in [0.2, 0.25) is 0 Å². The summed E-state index contributed by atoms with van der Waals surface area (Å²) in [7, 11) is 0. The molecule has 0 aliphatic rings. The molecule has 0 saturated heterocycles. The number of rotatable bonds is 4. The first kappa shape index (κ1) is 13.6. The van der Waals surface area contributed by atoms with E-state index in [9.17, 15) is 0 Å². The molecule has 2 aromatic rings. The van der Waals surface area contributed by atoms with Gasteiger partial charge in [-0.25, -0.2) is 4.98 Å². The maximum absolute atomic E-state index is 5.87. The Hall–Kier alpha value is -0.780. The molecule has 1 aromatic carbocycles. The summed E-state index contributed by atoms with van der Waals surface area (Å²) in [5.74, 6) is 0. The van der Waals surface area contributed by atoms with Crippen molar-refractivity contribution in [2.45, 2.75) is 36.4 Å². The highest BCUT2D eigenvalue weighted by atomic mass is 79.9. The zero-order valence-corrected chi connectivity index (χ0v) is 12.7. The van der Waals surface area contributed by atoms with E-state index in [1.807, 2.05) is 19.9 Å². The summed E-state index contributed by atoms with van der Waals surface area (Å²) in [5, 5.41) is 0.663. The Bertz CT molecular complexity index is 540. The first-order valence-electron chi connectivity index (χ1n) is 5.68. The normalized spacial score (nSPS) is 12.7. The van der Waals surface area contributed by atoms with Crippen molar-refractivity contribution in [2.24, 2.45) is 5.73 Å². The minimum Gasteiger partial charge on any atom is -0.439 e. The second-order valence-electron chi connectivity index (χ2n) is 4.29. The largest absolute Gasteiger partial charge is 0.439 e. The van der Waals surface area contributed by atoms with E-state index in [1.54, 1.807) is 6.26 Å². The van der Waals surface area contributed by atoms with Crippen molar-refractivity contribution in [1.82, 2.24) is 4.98 Å². The average molecular weight is 327 g/mol. The number of halogens is 1. The lowest BCUT2D eigenvalue weighted by Gasteiger charge is -2.10. The Balaban J connectivity index is 2.27. The molecule has 2 N–H and O–H groups in total. The van der Waals surface area contributed by atoms with Gasteiger partial charge >= 0.3 is 0 Å². The standard InChI is InChI=1S/C13H15BrN2OS/c1-8(15)5-10-3-4-11(14)6-12(10)18-13-16-9(2)7-17-13/h3-4,6-8H,5,15H2,1-2H3. The van der Waals surface area contributed by atoms with Gasteiger partial charge in [0.05, 0.1) is 5.69 Å². The lowest BCUT2D eigenvalue weighted by molar-refractivity contribution is 0.454. The Morgan fingerprint density at radius 1 is 1.50 bits per heavy atom. The maximum Gasteiger partial charge on any atom is 0.260 e. The van der Waals surface area contributed by atoms with E-state index in [-0.39, 0.29) is 6.04 Å². The summed E-state index contributed by atoms with van der Waals surface area (Å²) in [5.41, 5.74) is 7.98. The van der Waals surface area contributed by atoms with Crippen molar-refractivity contribution in [1.29, 1.82) is 0 Å². The highest BCUT2D eigenvalue weighted by Gasteiger charge is 2.10. The lowest BCUT2D eigenvalue weighted by Crippen LogP contribution is -2.18. The second kappa shape index (κ2) is 5.91. The van der Waals surface area contributed by atoms with Gasteiger partial charge in [0.25, 0.3) is 5.22 Å². The molecule has 1 heterocycles. The van der Waals surface area contributed by atoms with Gasteiger partial charge in [-0.05, 0) is 49.7 Å². The molecule has 1 atom stereocenters. The van der Waals surface area contributed by atoms with Crippen molar-refractivity contribution in [3.05, 3.63) is 40.2 Å². The fourth-order valence-electron chi connectivity index (χ4n) is 1.61. The van der Waals surface area contributed by atoms with Crippen molar-refractivity contribution < 1.29 is 4.42 Å². The molecule has 0 amide bonds. The van der Waals surface area contributed by atoms with E-state index in [0.29, 0.717) is 5.22 Å². The third-order valence-electron chi connectivity index (χ3n) is 2.37. The van der Waals surface area contributed by atoms with Gasteiger partial charge < -0.3 is 10.2 Å². The molecule has 96 valence electrons. The van der Waals surface area contributed by atoms with Crippen LogP contribution in [0.15, 0.2) is 43.5 Å². The minimum atomic E-state index is 0.136. The topological polar surface area (TPSA) is 52.0 Å². The molecule has 0 radical (unpaired) electrons. The highest BCUT2D eigenvalue weighted by Crippen LogP contribution is 2.32. The molecule has 0 aliphatic heterocycles. The van der Waals surface area contributed by atoms with Crippen molar-refractivity contribution in [3.63, 3.8) is 0 Å². The molecule has 0 bridgehead atoms. The van der Waals surface area contributed by atoms with Crippen LogP contribution < -0.4 is 5.73 Å². The van der Waals surface area contributed by atoms with Crippen LogP contribution in [0.25, 0.3) is 0 Å². The van der Waals surface area contributed by atoms with E-state index in [0.717, 1.165) is 21.5 Å². The molecule has 1 aromatic heterocycles. The molecule has 0 aliphatic carbocycles. The molecule has 0 fully saturated rings. The van der Waals surface area contributed by atoms with Crippen LogP contribution in [0.4, 0.5) is 0 Å². The predicted molar refractivity (Wildman–Crippen MR) is 76.9 cm³/mol.